The standard InChI is InChI=1S/C24H23N/c1-4-8-19(9-5-2)20-12-13-22-17-23(15-14-21(22)16-20)25-24-11-7-6-10-18(24)3/h4-17,25H,1H2,2-3H3/b9-5-,19-8+. The molecule has 1 N–H and O–H groups in total. The van der Waals surface area contributed by atoms with Gasteiger partial charge in [0, 0.05) is 11.4 Å². The molecule has 0 heterocycles. The van der Waals surface area contributed by atoms with Gasteiger partial charge in [-0.3, -0.25) is 0 Å². The first kappa shape index (κ1) is 16.8. The zero-order valence-corrected chi connectivity index (χ0v) is 14.8. The molecule has 0 spiro atoms. The number of aryl methyl sites for hydroxylation is 1. The number of anilines is 2. The topological polar surface area (TPSA) is 12.0 Å². The normalized spacial score (nSPS) is 11.8. The van der Waals surface area contributed by atoms with Gasteiger partial charge in [0.1, 0.15) is 0 Å². The van der Waals surface area contributed by atoms with Crippen molar-refractivity contribution < 1.29 is 0 Å². The van der Waals surface area contributed by atoms with Crippen molar-refractivity contribution in [3.63, 3.8) is 0 Å². The quantitative estimate of drug-likeness (QED) is 0.496. The highest BCUT2D eigenvalue weighted by molar-refractivity contribution is 5.90. The highest BCUT2D eigenvalue weighted by Crippen LogP contribution is 2.27. The zero-order valence-electron chi connectivity index (χ0n) is 14.8. The Bertz CT molecular complexity index is 961. The van der Waals surface area contributed by atoms with E-state index in [4.69, 9.17) is 0 Å². The molecule has 3 rings (SSSR count). The fourth-order valence-corrected chi connectivity index (χ4v) is 2.93. The van der Waals surface area contributed by atoms with Crippen molar-refractivity contribution in [2.75, 3.05) is 5.32 Å². The predicted octanol–water partition coefficient (Wildman–Crippen LogP) is 7.04. The molecule has 0 radical (unpaired) electrons. The van der Waals surface area contributed by atoms with Crippen LogP contribution in [0.2, 0.25) is 0 Å². The number of allylic oxidation sites excluding steroid dienone is 5. The van der Waals surface area contributed by atoms with Gasteiger partial charge in [-0.2, -0.15) is 0 Å². The number of para-hydroxylation sites is 1. The summed E-state index contributed by atoms with van der Waals surface area (Å²) in [5.41, 5.74) is 5.85. The van der Waals surface area contributed by atoms with E-state index in [-0.39, 0.29) is 0 Å². The van der Waals surface area contributed by atoms with Crippen molar-refractivity contribution in [1.82, 2.24) is 0 Å². The summed E-state index contributed by atoms with van der Waals surface area (Å²) in [5, 5.41) is 5.96. The molecule has 0 aliphatic carbocycles. The lowest BCUT2D eigenvalue weighted by Gasteiger charge is -2.11. The Morgan fingerprint density at radius 3 is 2.48 bits per heavy atom. The highest BCUT2D eigenvalue weighted by atomic mass is 14.9. The van der Waals surface area contributed by atoms with Crippen molar-refractivity contribution in [2.45, 2.75) is 13.8 Å². The first-order valence-corrected chi connectivity index (χ1v) is 8.53. The van der Waals surface area contributed by atoms with Gasteiger partial charge in [0.25, 0.3) is 0 Å². The van der Waals surface area contributed by atoms with Crippen LogP contribution in [0, 0.1) is 6.92 Å². The van der Waals surface area contributed by atoms with Crippen LogP contribution in [0.3, 0.4) is 0 Å². The maximum Gasteiger partial charge on any atom is 0.0413 e. The first-order chi connectivity index (χ1) is 12.2. The lowest BCUT2D eigenvalue weighted by molar-refractivity contribution is 1.44. The van der Waals surface area contributed by atoms with Gasteiger partial charge in [-0.1, -0.05) is 67.3 Å². The van der Waals surface area contributed by atoms with E-state index in [0.29, 0.717) is 0 Å². The minimum Gasteiger partial charge on any atom is -0.355 e. The van der Waals surface area contributed by atoms with Crippen molar-refractivity contribution in [3.05, 3.63) is 103 Å². The molecule has 1 heteroatoms. The third-order valence-electron chi connectivity index (χ3n) is 4.24. The van der Waals surface area contributed by atoms with Crippen LogP contribution in [0.4, 0.5) is 11.4 Å². The van der Waals surface area contributed by atoms with Crippen LogP contribution in [-0.4, -0.2) is 0 Å². The Balaban J connectivity index is 1.95. The smallest absolute Gasteiger partial charge is 0.0413 e. The van der Waals surface area contributed by atoms with Crippen LogP contribution < -0.4 is 5.32 Å². The average molecular weight is 325 g/mol. The molecule has 0 aliphatic heterocycles. The van der Waals surface area contributed by atoms with Gasteiger partial charge in [-0.15, -0.1) is 0 Å². The Morgan fingerprint density at radius 1 is 0.960 bits per heavy atom. The van der Waals surface area contributed by atoms with Gasteiger partial charge in [-0.25, -0.2) is 0 Å². The summed E-state index contributed by atoms with van der Waals surface area (Å²) in [6, 6.07) is 21.4. The Morgan fingerprint density at radius 2 is 1.72 bits per heavy atom. The fraction of sp³-hybridized carbons (Fsp3) is 0.0833. The van der Waals surface area contributed by atoms with Crippen LogP contribution in [0.15, 0.2) is 91.5 Å². The van der Waals surface area contributed by atoms with Crippen molar-refractivity contribution >= 4 is 27.7 Å². The monoisotopic (exact) mass is 325 g/mol. The molecule has 0 fully saturated rings. The molecule has 0 saturated carbocycles. The van der Waals surface area contributed by atoms with Gasteiger partial charge in [0.2, 0.25) is 0 Å². The molecular formula is C24H23N. The molecule has 0 aliphatic rings. The lowest BCUT2D eigenvalue weighted by atomic mass is 10.00. The van der Waals surface area contributed by atoms with Crippen LogP contribution >= 0.6 is 0 Å². The van der Waals surface area contributed by atoms with Gasteiger partial charge in [0.15, 0.2) is 0 Å². The van der Waals surface area contributed by atoms with E-state index < -0.39 is 0 Å². The van der Waals surface area contributed by atoms with Gasteiger partial charge in [0.05, 0.1) is 0 Å². The molecule has 3 aromatic rings. The molecular weight excluding hydrogens is 302 g/mol. The van der Waals surface area contributed by atoms with Gasteiger partial charge >= 0.3 is 0 Å². The van der Waals surface area contributed by atoms with Crippen molar-refractivity contribution in [2.24, 2.45) is 0 Å². The molecule has 0 aromatic heterocycles. The molecule has 25 heavy (non-hydrogen) atoms. The molecule has 0 amide bonds. The van der Waals surface area contributed by atoms with E-state index in [1.807, 2.05) is 19.1 Å². The second-order valence-electron chi connectivity index (χ2n) is 6.07. The summed E-state index contributed by atoms with van der Waals surface area (Å²) in [6.07, 6.45) is 8.02. The van der Waals surface area contributed by atoms with E-state index >= 15 is 0 Å². The summed E-state index contributed by atoms with van der Waals surface area (Å²) in [6.45, 7) is 7.96. The summed E-state index contributed by atoms with van der Waals surface area (Å²) in [4.78, 5) is 0. The molecule has 124 valence electrons. The molecule has 0 atom stereocenters. The molecule has 3 aromatic carbocycles. The summed E-state index contributed by atoms with van der Waals surface area (Å²) in [7, 11) is 0. The third-order valence-corrected chi connectivity index (χ3v) is 4.24. The maximum absolute atomic E-state index is 3.81. The summed E-state index contributed by atoms with van der Waals surface area (Å²) in [5.74, 6) is 0. The Labute approximate surface area is 150 Å². The lowest BCUT2D eigenvalue weighted by Crippen LogP contribution is -1.92. The number of hydrogen-bond donors (Lipinski definition) is 1. The molecule has 0 saturated heterocycles. The fourth-order valence-electron chi connectivity index (χ4n) is 2.93. The van der Waals surface area contributed by atoms with Crippen LogP contribution in [0.1, 0.15) is 18.1 Å². The first-order valence-electron chi connectivity index (χ1n) is 8.53. The molecule has 1 nitrogen and oxygen atoms in total. The van der Waals surface area contributed by atoms with E-state index in [1.54, 1.807) is 0 Å². The van der Waals surface area contributed by atoms with Gasteiger partial charge in [-0.05, 0) is 65.6 Å². The van der Waals surface area contributed by atoms with Crippen molar-refractivity contribution in [1.29, 1.82) is 0 Å². The molecule has 0 unspecified atom stereocenters. The third kappa shape index (κ3) is 3.89. The summed E-state index contributed by atoms with van der Waals surface area (Å²) < 4.78 is 0. The minimum absolute atomic E-state index is 1.10. The minimum atomic E-state index is 1.10. The number of hydrogen-bond acceptors (Lipinski definition) is 1. The van der Waals surface area contributed by atoms with E-state index in [0.717, 1.165) is 11.4 Å². The Kier molecular flexibility index (Phi) is 5.15. The van der Waals surface area contributed by atoms with Crippen LogP contribution in [-0.2, 0) is 0 Å². The second-order valence-corrected chi connectivity index (χ2v) is 6.07. The number of fused-ring (bicyclic) bond motifs is 1. The largest absolute Gasteiger partial charge is 0.355 e. The van der Waals surface area contributed by atoms with E-state index in [2.05, 4.69) is 91.6 Å². The van der Waals surface area contributed by atoms with E-state index in [9.17, 15) is 0 Å². The predicted molar refractivity (Wildman–Crippen MR) is 111 cm³/mol. The maximum atomic E-state index is 3.81. The average Bonchev–Trinajstić information content (AvgIpc) is 2.63. The summed E-state index contributed by atoms with van der Waals surface area (Å²) >= 11 is 0. The SMILES string of the molecule is C=C/C=C(\C=C/C)c1ccc2cc(Nc3ccccc3C)ccc2c1. The highest BCUT2D eigenvalue weighted by Gasteiger charge is 2.03. The molecule has 0 bridgehead atoms. The van der Waals surface area contributed by atoms with Crippen molar-refractivity contribution in [3.8, 4) is 0 Å². The zero-order chi connectivity index (χ0) is 17.6. The van der Waals surface area contributed by atoms with Crippen LogP contribution in [0.25, 0.3) is 16.3 Å². The van der Waals surface area contributed by atoms with Gasteiger partial charge < -0.3 is 5.32 Å². The second kappa shape index (κ2) is 7.67. The number of benzene rings is 3. The number of rotatable bonds is 5. The van der Waals surface area contributed by atoms with E-state index in [1.165, 1.54) is 27.5 Å². The Hall–Kier alpha value is -3.06. The van der Waals surface area contributed by atoms with Crippen LogP contribution in [0.5, 0.6) is 0 Å². The number of nitrogens with one attached hydrogen (secondary N) is 1.